The second-order valence-corrected chi connectivity index (χ2v) is 3.90. The van der Waals surface area contributed by atoms with E-state index in [-0.39, 0.29) is 18.2 Å². The molecule has 0 aliphatic heterocycles. The number of aliphatic hydroxyl groups is 1. The van der Waals surface area contributed by atoms with Crippen LogP contribution in [0.3, 0.4) is 0 Å². The van der Waals surface area contributed by atoms with E-state index in [4.69, 9.17) is 9.52 Å². The topological polar surface area (TPSA) is 62.5 Å². The summed E-state index contributed by atoms with van der Waals surface area (Å²) < 4.78 is 5.66. The molecular weight excluding hydrogens is 250 g/mol. The van der Waals surface area contributed by atoms with Crippen molar-refractivity contribution in [1.82, 2.24) is 5.32 Å². The van der Waals surface area contributed by atoms with E-state index in [0.717, 1.165) is 5.56 Å². The second-order valence-electron chi connectivity index (χ2n) is 3.12. The third kappa shape index (κ3) is 2.85. The van der Waals surface area contributed by atoms with Gasteiger partial charge in [0.2, 0.25) is 0 Å². The van der Waals surface area contributed by atoms with Gasteiger partial charge in [-0.15, -0.1) is 0 Å². The quantitative estimate of drug-likeness (QED) is 0.866. The number of nitrogens with one attached hydrogen (secondary N) is 1. The summed E-state index contributed by atoms with van der Waals surface area (Å²) in [5.74, 6) is -0.0355. The number of amides is 1. The Morgan fingerprint density at radius 1 is 1.79 bits per heavy atom. The van der Waals surface area contributed by atoms with Gasteiger partial charge in [-0.05, 0) is 35.8 Å². The van der Waals surface area contributed by atoms with Crippen LogP contribution in [-0.2, 0) is 0 Å². The molecule has 0 fully saturated rings. The molecule has 5 heteroatoms. The third-order valence-electron chi connectivity index (χ3n) is 1.65. The summed E-state index contributed by atoms with van der Waals surface area (Å²) >= 11 is 3.14. The van der Waals surface area contributed by atoms with E-state index in [2.05, 4.69) is 21.2 Å². The molecule has 1 aromatic rings. The van der Waals surface area contributed by atoms with Crippen LogP contribution in [-0.4, -0.2) is 23.7 Å². The van der Waals surface area contributed by atoms with Gasteiger partial charge >= 0.3 is 0 Å². The number of hydrogen-bond acceptors (Lipinski definition) is 3. The second kappa shape index (κ2) is 4.61. The fraction of sp³-hybridized carbons (Fsp3) is 0.444. The molecule has 0 spiro atoms. The Kier molecular flexibility index (Phi) is 3.71. The zero-order chi connectivity index (χ0) is 10.7. The summed E-state index contributed by atoms with van der Waals surface area (Å²) in [7, 11) is 0. The Balaban J connectivity index is 2.65. The number of hydrogen-bond donors (Lipinski definition) is 2. The first-order valence-electron chi connectivity index (χ1n) is 4.23. The van der Waals surface area contributed by atoms with E-state index in [9.17, 15) is 4.79 Å². The first-order valence-corrected chi connectivity index (χ1v) is 5.02. The number of aryl methyl sites for hydroxylation is 1. The maximum Gasteiger partial charge on any atom is 0.287 e. The smallest absolute Gasteiger partial charge is 0.287 e. The van der Waals surface area contributed by atoms with Crippen molar-refractivity contribution in [3.05, 3.63) is 22.1 Å². The van der Waals surface area contributed by atoms with Gasteiger partial charge in [0.05, 0.1) is 6.10 Å². The molecule has 14 heavy (non-hydrogen) atoms. The Hall–Kier alpha value is -0.810. The van der Waals surface area contributed by atoms with Crippen LogP contribution < -0.4 is 5.32 Å². The van der Waals surface area contributed by atoms with E-state index in [1.54, 1.807) is 19.9 Å². The number of furan rings is 1. The average molecular weight is 262 g/mol. The largest absolute Gasteiger partial charge is 0.444 e. The molecule has 4 nitrogen and oxygen atoms in total. The minimum absolute atomic E-state index is 0.219. The van der Waals surface area contributed by atoms with Crippen LogP contribution in [0.25, 0.3) is 0 Å². The highest BCUT2D eigenvalue weighted by Gasteiger charge is 2.14. The van der Waals surface area contributed by atoms with Gasteiger partial charge in [-0.3, -0.25) is 4.79 Å². The van der Waals surface area contributed by atoms with Crippen molar-refractivity contribution >= 4 is 21.8 Å². The number of rotatable bonds is 3. The molecule has 78 valence electrons. The molecule has 2 N–H and O–H groups in total. The summed E-state index contributed by atoms with van der Waals surface area (Å²) in [5.41, 5.74) is 0.764. The monoisotopic (exact) mass is 261 g/mol. The van der Waals surface area contributed by atoms with Crippen molar-refractivity contribution in [2.45, 2.75) is 20.0 Å². The highest BCUT2D eigenvalue weighted by molar-refractivity contribution is 9.10. The van der Waals surface area contributed by atoms with E-state index in [1.165, 1.54) is 0 Å². The number of carbonyl (C=O) groups is 1. The summed E-state index contributed by atoms with van der Waals surface area (Å²) in [6.07, 6.45) is -0.558. The van der Waals surface area contributed by atoms with Gasteiger partial charge in [-0.1, -0.05) is 0 Å². The first-order chi connectivity index (χ1) is 6.50. The molecule has 1 amide bonds. The molecule has 0 radical (unpaired) electrons. The standard InChI is InChI=1S/C9H12BrNO3/c1-5-3-7(10)14-8(5)9(13)11-4-6(2)12/h3,6,12H,4H2,1-2H3,(H,11,13). The van der Waals surface area contributed by atoms with Crippen LogP contribution in [0, 0.1) is 6.92 Å². The molecule has 0 aromatic carbocycles. The summed E-state index contributed by atoms with van der Waals surface area (Å²) in [4.78, 5) is 11.4. The lowest BCUT2D eigenvalue weighted by Gasteiger charge is -2.05. The van der Waals surface area contributed by atoms with Crippen LogP contribution in [0.1, 0.15) is 23.0 Å². The molecule has 0 saturated carbocycles. The van der Waals surface area contributed by atoms with E-state index in [1.807, 2.05) is 0 Å². The van der Waals surface area contributed by atoms with Gasteiger partial charge in [-0.2, -0.15) is 0 Å². The number of carbonyl (C=O) groups excluding carboxylic acids is 1. The van der Waals surface area contributed by atoms with Crippen molar-refractivity contribution in [2.24, 2.45) is 0 Å². The molecule has 0 aliphatic carbocycles. The van der Waals surface area contributed by atoms with Crippen LogP contribution in [0.5, 0.6) is 0 Å². The summed E-state index contributed by atoms with van der Waals surface area (Å²) in [6, 6.07) is 1.72. The van der Waals surface area contributed by atoms with Crippen molar-refractivity contribution in [3.8, 4) is 0 Å². The van der Waals surface area contributed by atoms with Crippen molar-refractivity contribution in [2.75, 3.05) is 6.54 Å². The maximum absolute atomic E-state index is 11.4. The Morgan fingerprint density at radius 2 is 2.43 bits per heavy atom. The minimum Gasteiger partial charge on any atom is -0.444 e. The molecule has 1 atom stereocenters. The minimum atomic E-state index is -0.558. The fourth-order valence-corrected chi connectivity index (χ4v) is 1.49. The molecule has 0 saturated heterocycles. The van der Waals surface area contributed by atoms with Gasteiger partial charge in [0.25, 0.3) is 5.91 Å². The highest BCUT2D eigenvalue weighted by atomic mass is 79.9. The average Bonchev–Trinajstić information content (AvgIpc) is 2.41. The molecule has 1 rings (SSSR count). The normalized spacial score (nSPS) is 12.6. The molecule has 0 bridgehead atoms. The van der Waals surface area contributed by atoms with Gasteiger partial charge in [0.15, 0.2) is 10.4 Å². The van der Waals surface area contributed by atoms with E-state index in [0.29, 0.717) is 4.67 Å². The van der Waals surface area contributed by atoms with Gasteiger partial charge in [0, 0.05) is 12.1 Å². The number of halogens is 1. The zero-order valence-electron chi connectivity index (χ0n) is 8.00. The van der Waals surface area contributed by atoms with Crippen LogP contribution >= 0.6 is 15.9 Å². The molecule has 0 aliphatic rings. The van der Waals surface area contributed by atoms with Gasteiger partial charge in [0.1, 0.15) is 0 Å². The van der Waals surface area contributed by atoms with Crippen molar-refractivity contribution < 1.29 is 14.3 Å². The first kappa shape index (κ1) is 11.3. The molecule has 1 aromatic heterocycles. The van der Waals surface area contributed by atoms with Crippen molar-refractivity contribution in [1.29, 1.82) is 0 Å². The van der Waals surface area contributed by atoms with E-state index < -0.39 is 6.10 Å². The predicted molar refractivity (Wildman–Crippen MR) is 55.2 cm³/mol. The maximum atomic E-state index is 11.4. The Bertz CT molecular complexity index is 333. The lowest BCUT2D eigenvalue weighted by atomic mass is 10.2. The lowest BCUT2D eigenvalue weighted by molar-refractivity contribution is 0.0894. The molecule has 1 unspecified atom stereocenters. The van der Waals surface area contributed by atoms with Crippen LogP contribution in [0.2, 0.25) is 0 Å². The van der Waals surface area contributed by atoms with Crippen molar-refractivity contribution in [3.63, 3.8) is 0 Å². The third-order valence-corrected chi connectivity index (χ3v) is 2.04. The predicted octanol–water partition coefficient (Wildman–Crippen LogP) is 1.46. The summed E-state index contributed by atoms with van der Waals surface area (Å²) in [6.45, 7) is 3.60. The van der Waals surface area contributed by atoms with Crippen LogP contribution in [0.15, 0.2) is 15.2 Å². The highest BCUT2D eigenvalue weighted by Crippen LogP contribution is 2.19. The molecule has 1 heterocycles. The fourth-order valence-electron chi connectivity index (χ4n) is 0.989. The lowest BCUT2D eigenvalue weighted by Crippen LogP contribution is -2.30. The Morgan fingerprint density at radius 3 is 2.86 bits per heavy atom. The van der Waals surface area contributed by atoms with Gasteiger partial charge < -0.3 is 14.8 Å². The van der Waals surface area contributed by atoms with E-state index >= 15 is 0 Å². The molecular formula is C9H12BrNO3. The van der Waals surface area contributed by atoms with Crippen LogP contribution in [0.4, 0.5) is 0 Å². The zero-order valence-corrected chi connectivity index (χ0v) is 9.59. The Labute approximate surface area is 90.4 Å². The van der Waals surface area contributed by atoms with Gasteiger partial charge in [-0.25, -0.2) is 0 Å². The summed E-state index contributed by atoms with van der Waals surface area (Å²) in [5, 5.41) is 11.5. The number of aliphatic hydroxyl groups excluding tert-OH is 1. The SMILES string of the molecule is Cc1cc(Br)oc1C(=O)NCC(C)O.